The quantitative estimate of drug-likeness (QED) is 0.719. The number of likely N-dealkylation sites (N-methyl/N-ethyl adjacent to an activating group) is 1. The van der Waals surface area contributed by atoms with Gasteiger partial charge in [-0.1, -0.05) is 26.7 Å². The maximum atomic E-state index is 11.6. The summed E-state index contributed by atoms with van der Waals surface area (Å²) in [6.45, 7) is 6.32. The van der Waals surface area contributed by atoms with Crippen LogP contribution >= 0.6 is 0 Å². The molecule has 4 nitrogen and oxygen atoms in total. The zero-order valence-corrected chi connectivity index (χ0v) is 12.4. The number of nitrogens with one attached hydrogen (secondary N) is 2. The third-order valence-corrected chi connectivity index (χ3v) is 3.93. The number of rotatable bonds is 7. The number of nitrogens with zero attached hydrogens (tertiary/aromatic N) is 1. The van der Waals surface area contributed by atoms with Crippen LogP contribution in [0.15, 0.2) is 0 Å². The fourth-order valence-corrected chi connectivity index (χ4v) is 2.60. The first-order chi connectivity index (χ1) is 8.46. The molecule has 0 aliphatic heterocycles. The molecule has 1 amide bonds. The van der Waals surface area contributed by atoms with Crippen LogP contribution in [0.25, 0.3) is 0 Å². The Morgan fingerprint density at radius 1 is 1.28 bits per heavy atom. The lowest BCUT2D eigenvalue weighted by molar-refractivity contribution is -0.120. The summed E-state index contributed by atoms with van der Waals surface area (Å²) in [6.07, 6.45) is 5.08. The molecule has 1 rings (SSSR count). The molecular weight excluding hydrogens is 226 g/mol. The normalized spacial score (nSPS) is 18.6. The van der Waals surface area contributed by atoms with E-state index in [4.69, 9.17) is 0 Å². The van der Waals surface area contributed by atoms with Gasteiger partial charge in [0.25, 0.3) is 0 Å². The Morgan fingerprint density at radius 3 is 2.39 bits per heavy atom. The summed E-state index contributed by atoms with van der Waals surface area (Å²) in [5.41, 5.74) is 0.262. The van der Waals surface area contributed by atoms with E-state index in [2.05, 4.69) is 43.5 Å². The molecule has 0 heterocycles. The van der Waals surface area contributed by atoms with E-state index in [1.807, 2.05) is 0 Å². The fraction of sp³-hybridized carbons (Fsp3) is 0.929. The molecule has 1 aliphatic rings. The smallest absolute Gasteiger partial charge is 0.233 e. The van der Waals surface area contributed by atoms with Crippen molar-refractivity contribution in [1.29, 1.82) is 0 Å². The SMILES string of the molecule is CC(C)CNC(=O)CNCC1(N(C)C)CCCC1. The van der Waals surface area contributed by atoms with Crippen LogP contribution in [0.1, 0.15) is 39.5 Å². The van der Waals surface area contributed by atoms with Gasteiger partial charge in [0.1, 0.15) is 0 Å². The molecule has 0 radical (unpaired) electrons. The summed E-state index contributed by atoms with van der Waals surface area (Å²) in [7, 11) is 4.29. The van der Waals surface area contributed by atoms with Crippen LogP contribution in [-0.4, -0.2) is 50.1 Å². The summed E-state index contributed by atoms with van der Waals surface area (Å²) in [6, 6.07) is 0. The van der Waals surface area contributed by atoms with Gasteiger partial charge >= 0.3 is 0 Å². The van der Waals surface area contributed by atoms with Crippen molar-refractivity contribution in [3.63, 3.8) is 0 Å². The van der Waals surface area contributed by atoms with Crippen LogP contribution in [0.4, 0.5) is 0 Å². The van der Waals surface area contributed by atoms with Crippen molar-refractivity contribution in [1.82, 2.24) is 15.5 Å². The van der Waals surface area contributed by atoms with Crippen LogP contribution in [0.3, 0.4) is 0 Å². The number of carbonyl (C=O) groups is 1. The van der Waals surface area contributed by atoms with Gasteiger partial charge in [-0.05, 0) is 32.9 Å². The lowest BCUT2D eigenvalue weighted by Gasteiger charge is -2.36. The van der Waals surface area contributed by atoms with Crippen LogP contribution < -0.4 is 10.6 Å². The second-order valence-corrected chi connectivity index (χ2v) is 6.13. The van der Waals surface area contributed by atoms with Gasteiger partial charge in [0, 0.05) is 18.6 Å². The van der Waals surface area contributed by atoms with Crippen molar-refractivity contribution in [2.45, 2.75) is 45.1 Å². The van der Waals surface area contributed by atoms with E-state index in [1.165, 1.54) is 25.7 Å². The molecule has 0 spiro atoms. The van der Waals surface area contributed by atoms with Crippen molar-refractivity contribution in [2.24, 2.45) is 5.92 Å². The Bertz CT molecular complexity index is 258. The van der Waals surface area contributed by atoms with E-state index >= 15 is 0 Å². The van der Waals surface area contributed by atoms with E-state index in [9.17, 15) is 4.79 Å². The molecule has 106 valence electrons. The number of hydrogen-bond donors (Lipinski definition) is 2. The number of hydrogen-bond acceptors (Lipinski definition) is 3. The molecule has 0 bridgehead atoms. The Hall–Kier alpha value is -0.610. The van der Waals surface area contributed by atoms with Crippen LogP contribution in [0, 0.1) is 5.92 Å². The first-order valence-electron chi connectivity index (χ1n) is 7.11. The zero-order chi connectivity index (χ0) is 13.6. The Labute approximate surface area is 111 Å². The molecule has 0 atom stereocenters. The van der Waals surface area contributed by atoms with Crippen molar-refractivity contribution >= 4 is 5.91 Å². The van der Waals surface area contributed by atoms with E-state index in [0.717, 1.165) is 13.1 Å². The molecule has 0 saturated heterocycles. The minimum Gasteiger partial charge on any atom is -0.355 e. The lowest BCUT2D eigenvalue weighted by Crippen LogP contribution is -2.51. The van der Waals surface area contributed by atoms with Crippen LogP contribution in [0.5, 0.6) is 0 Å². The van der Waals surface area contributed by atoms with Gasteiger partial charge in [0.2, 0.25) is 5.91 Å². The first-order valence-corrected chi connectivity index (χ1v) is 7.11. The lowest BCUT2D eigenvalue weighted by atomic mass is 9.96. The Balaban J connectivity index is 2.25. The van der Waals surface area contributed by atoms with Crippen molar-refractivity contribution < 1.29 is 4.79 Å². The van der Waals surface area contributed by atoms with Gasteiger partial charge in [-0.15, -0.1) is 0 Å². The monoisotopic (exact) mass is 255 g/mol. The number of carbonyl (C=O) groups excluding carboxylic acids is 1. The van der Waals surface area contributed by atoms with Gasteiger partial charge in [-0.3, -0.25) is 4.79 Å². The maximum Gasteiger partial charge on any atom is 0.233 e. The zero-order valence-electron chi connectivity index (χ0n) is 12.4. The minimum atomic E-state index is 0.107. The number of amides is 1. The minimum absolute atomic E-state index is 0.107. The highest BCUT2D eigenvalue weighted by Gasteiger charge is 2.35. The Morgan fingerprint density at radius 2 is 1.89 bits per heavy atom. The van der Waals surface area contributed by atoms with Crippen LogP contribution in [-0.2, 0) is 4.79 Å². The molecular formula is C14H29N3O. The van der Waals surface area contributed by atoms with Crippen molar-refractivity contribution in [3.8, 4) is 0 Å². The Kier molecular flexibility index (Phi) is 6.09. The summed E-state index contributed by atoms with van der Waals surface area (Å²) in [5.74, 6) is 0.618. The molecule has 18 heavy (non-hydrogen) atoms. The van der Waals surface area contributed by atoms with Gasteiger partial charge in [0.15, 0.2) is 0 Å². The highest BCUT2D eigenvalue weighted by molar-refractivity contribution is 5.77. The van der Waals surface area contributed by atoms with Crippen molar-refractivity contribution in [3.05, 3.63) is 0 Å². The predicted octanol–water partition coefficient (Wildman–Crippen LogP) is 1.22. The first kappa shape index (κ1) is 15.4. The summed E-state index contributed by atoms with van der Waals surface area (Å²) in [4.78, 5) is 13.9. The molecule has 1 aliphatic carbocycles. The van der Waals surface area contributed by atoms with E-state index < -0.39 is 0 Å². The highest BCUT2D eigenvalue weighted by atomic mass is 16.1. The average molecular weight is 255 g/mol. The molecule has 0 aromatic carbocycles. The topological polar surface area (TPSA) is 44.4 Å². The summed E-state index contributed by atoms with van der Waals surface area (Å²) in [5, 5.41) is 6.25. The molecule has 1 fully saturated rings. The molecule has 0 aromatic heterocycles. The van der Waals surface area contributed by atoms with Gasteiger partial charge in [0.05, 0.1) is 6.54 Å². The summed E-state index contributed by atoms with van der Waals surface area (Å²) < 4.78 is 0. The molecule has 1 saturated carbocycles. The molecule has 0 aromatic rings. The van der Waals surface area contributed by atoms with Gasteiger partial charge in [-0.2, -0.15) is 0 Å². The fourth-order valence-electron chi connectivity index (χ4n) is 2.60. The van der Waals surface area contributed by atoms with Crippen LogP contribution in [0.2, 0.25) is 0 Å². The maximum absolute atomic E-state index is 11.6. The van der Waals surface area contributed by atoms with Gasteiger partial charge in [-0.25, -0.2) is 0 Å². The van der Waals surface area contributed by atoms with Gasteiger partial charge < -0.3 is 15.5 Å². The third kappa shape index (κ3) is 4.58. The average Bonchev–Trinajstić information content (AvgIpc) is 2.76. The van der Waals surface area contributed by atoms with Crippen molar-refractivity contribution in [2.75, 3.05) is 33.7 Å². The second kappa shape index (κ2) is 7.10. The molecule has 2 N–H and O–H groups in total. The standard InChI is InChI=1S/C14H29N3O/c1-12(2)9-16-13(18)10-15-11-14(17(3)4)7-5-6-8-14/h12,15H,5-11H2,1-4H3,(H,16,18). The van der Waals surface area contributed by atoms with E-state index in [0.29, 0.717) is 12.5 Å². The third-order valence-electron chi connectivity index (χ3n) is 3.93. The molecule has 0 unspecified atom stereocenters. The van der Waals surface area contributed by atoms with E-state index in [1.54, 1.807) is 0 Å². The highest BCUT2D eigenvalue weighted by Crippen LogP contribution is 2.32. The predicted molar refractivity (Wildman–Crippen MR) is 75.6 cm³/mol. The van der Waals surface area contributed by atoms with E-state index in [-0.39, 0.29) is 11.4 Å². The second-order valence-electron chi connectivity index (χ2n) is 6.13. The largest absolute Gasteiger partial charge is 0.355 e. The molecule has 4 heteroatoms. The summed E-state index contributed by atoms with van der Waals surface area (Å²) >= 11 is 0.